The van der Waals surface area contributed by atoms with E-state index in [4.69, 9.17) is 4.42 Å². The molecule has 2 heterocycles. The highest BCUT2D eigenvalue weighted by molar-refractivity contribution is 5.25. The van der Waals surface area contributed by atoms with Gasteiger partial charge in [-0.25, -0.2) is 0 Å². The van der Waals surface area contributed by atoms with Gasteiger partial charge in [-0.15, -0.1) is 0 Å². The molecular weight excluding hydrogens is 314 g/mol. The average molecular weight is 341 g/mol. The van der Waals surface area contributed by atoms with Gasteiger partial charge >= 0.3 is 0 Å². The third kappa shape index (κ3) is 3.14. The summed E-state index contributed by atoms with van der Waals surface area (Å²) in [5, 5.41) is 20.8. The molecule has 3 atom stereocenters. The Bertz CT molecular complexity index is 698. The van der Waals surface area contributed by atoms with E-state index in [-0.39, 0.29) is 12.5 Å². The van der Waals surface area contributed by atoms with Crippen molar-refractivity contribution in [3.05, 3.63) is 59.5 Å². The van der Waals surface area contributed by atoms with Gasteiger partial charge in [0.2, 0.25) is 0 Å². The van der Waals surface area contributed by atoms with Gasteiger partial charge in [0.1, 0.15) is 18.1 Å². The minimum absolute atomic E-state index is 0.0557. The summed E-state index contributed by atoms with van der Waals surface area (Å²) in [4.78, 5) is 2.47. The predicted molar refractivity (Wildman–Crippen MR) is 95.7 cm³/mol. The van der Waals surface area contributed by atoms with Gasteiger partial charge in [0, 0.05) is 18.5 Å². The molecule has 134 valence electrons. The van der Waals surface area contributed by atoms with Crippen LogP contribution in [-0.4, -0.2) is 27.7 Å². The fourth-order valence-electron chi connectivity index (χ4n) is 4.84. The minimum Gasteiger partial charge on any atom is -0.462 e. The molecule has 2 aliphatic rings. The molecule has 0 radical (unpaired) electrons. The molecule has 4 nitrogen and oxygen atoms in total. The highest BCUT2D eigenvalue weighted by Crippen LogP contribution is 2.47. The molecule has 0 spiro atoms. The molecule has 1 saturated carbocycles. The van der Waals surface area contributed by atoms with Crippen molar-refractivity contribution in [3.63, 3.8) is 0 Å². The molecule has 2 N–H and O–H groups in total. The SMILES string of the molecule is OCc1ccc(CN2CC[C@](O)(c3ccccc3)[C@@H]3CCCC[C@@H]32)o1. The fraction of sp³-hybridized carbons (Fsp3) is 0.524. The van der Waals surface area contributed by atoms with Crippen LogP contribution in [0, 0.1) is 5.92 Å². The van der Waals surface area contributed by atoms with Crippen LogP contribution in [-0.2, 0) is 18.8 Å². The van der Waals surface area contributed by atoms with Crippen molar-refractivity contribution < 1.29 is 14.6 Å². The fourth-order valence-corrected chi connectivity index (χ4v) is 4.84. The second kappa shape index (κ2) is 6.94. The van der Waals surface area contributed by atoms with E-state index in [1.54, 1.807) is 0 Å². The number of hydrogen-bond donors (Lipinski definition) is 2. The Morgan fingerprint density at radius 2 is 1.80 bits per heavy atom. The standard InChI is InChI=1S/C21H27NO3/c23-15-18-11-10-17(25-18)14-22-13-12-21(24,16-6-2-1-3-7-16)19-8-4-5-9-20(19)22/h1-3,6-7,10-11,19-20,23-24H,4-5,8-9,12-15H2/t19-,20+,21+/m1/s1. The van der Waals surface area contributed by atoms with Gasteiger partial charge in [0.05, 0.1) is 12.1 Å². The van der Waals surface area contributed by atoms with E-state index in [0.29, 0.717) is 11.8 Å². The summed E-state index contributed by atoms with van der Waals surface area (Å²) < 4.78 is 5.70. The van der Waals surface area contributed by atoms with Gasteiger partial charge in [-0.3, -0.25) is 4.90 Å². The van der Waals surface area contributed by atoms with Gasteiger partial charge in [0.15, 0.2) is 0 Å². The monoisotopic (exact) mass is 341 g/mol. The van der Waals surface area contributed by atoms with Gasteiger partial charge in [0.25, 0.3) is 0 Å². The summed E-state index contributed by atoms with van der Waals surface area (Å²) in [6, 6.07) is 14.4. The molecule has 1 aromatic carbocycles. The van der Waals surface area contributed by atoms with E-state index in [9.17, 15) is 10.2 Å². The Hall–Kier alpha value is -1.62. The van der Waals surface area contributed by atoms with E-state index in [1.165, 1.54) is 12.8 Å². The van der Waals surface area contributed by atoms with Gasteiger partial charge < -0.3 is 14.6 Å². The van der Waals surface area contributed by atoms with Crippen molar-refractivity contribution in [2.45, 2.75) is 56.9 Å². The largest absolute Gasteiger partial charge is 0.462 e. The first-order valence-electron chi connectivity index (χ1n) is 9.41. The Kier molecular flexibility index (Phi) is 4.67. The molecule has 2 aromatic rings. The molecule has 0 unspecified atom stereocenters. The topological polar surface area (TPSA) is 56.8 Å². The summed E-state index contributed by atoms with van der Waals surface area (Å²) >= 11 is 0. The molecule has 2 fully saturated rings. The summed E-state index contributed by atoms with van der Waals surface area (Å²) in [6.45, 7) is 1.56. The maximum absolute atomic E-state index is 11.6. The molecule has 1 saturated heterocycles. The number of rotatable bonds is 4. The van der Waals surface area contributed by atoms with Crippen LogP contribution in [0.5, 0.6) is 0 Å². The Balaban J connectivity index is 1.57. The number of nitrogens with zero attached hydrogens (tertiary/aromatic N) is 1. The average Bonchev–Trinajstić information content (AvgIpc) is 3.13. The van der Waals surface area contributed by atoms with E-state index >= 15 is 0 Å². The molecule has 0 amide bonds. The van der Waals surface area contributed by atoms with E-state index in [0.717, 1.165) is 43.7 Å². The normalized spacial score (nSPS) is 30.2. The van der Waals surface area contributed by atoms with Crippen LogP contribution < -0.4 is 0 Å². The number of aliphatic hydroxyl groups excluding tert-OH is 1. The number of benzene rings is 1. The van der Waals surface area contributed by atoms with Crippen molar-refractivity contribution in [1.82, 2.24) is 4.90 Å². The van der Waals surface area contributed by atoms with Gasteiger partial charge in [-0.05, 0) is 37.0 Å². The van der Waals surface area contributed by atoms with Crippen LogP contribution in [0.4, 0.5) is 0 Å². The third-order valence-electron chi connectivity index (χ3n) is 6.10. The molecule has 0 bridgehead atoms. The van der Waals surface area contributed by atoms with Crippen LogP contribution in [0.1, 0.15) is 49.2 Å². The highest BCUT2D eigenvalue weighted by Gasteiger charge is 2.49. The molecular formula is C21H27NO3. The molecule has 1 aliphatic heterocycles. The van der Waals surface area contributed by atoms with E-state index in [1.807, 2.05) is 30.3 Å². The number of aliphatic hydroxyl groups is 2. The number of piperidine rings is 1. The maximum Gasteiger partial charge on any atom is 0.129 e. The van der Waals surface area contributed by atoms with Crippen LogP contribution in [0.2, 0.25) is 0 Å². The molecule has 1 aliphatic carbocycles. The number of likely N-dealkylation sites (tertiary alicyclic amines) is 1. The first kappa shape index (κ1) is 16.8. The molecule has 4 heteroatoms. The Morgan fingerprint density at radius 3 is 2.56 bits per heavy atom. The zero-order valence-corrected chi connectivity index (χ0v) is 14.6. The zero-order chi connectivity index (χ0) is 17.3. The molecule has 4 rings (SSSR count). The lowest BCUT2D eigenvalue weighted by molar-refractivity contribution is -0.124. The van der Waals surface area contributed by atoms with Crippen LogP contribution in [0.3, 0.4) is 0 Å². The summed E-state index contributed by atoms with van der Waals surface area (Å²) in [5.41, 5.74) is 0.342. The summed E-state index contributed by atoms with van der Waals surface area (Å²) in [5.74, 6) is 1.79. The van der Waals surface area contributed by atoms with Crippen molar-refractivity contribution in [3.8, 4) is 0 Å². The Labute approximate surface area is 149 Å². The predicted octanol–water partition coefficient (Wildman–Crippen LogP) is 3.42. The van der Waals surface area contributed by atoms with Crippen LogP contribution in [0.15, 0.2) is 46.9 Å². The maximum atomic E-state index is 11.6. The number of hydrogen-bond acceptors (Lipinski definition) is 4. The van der Waals surface area contributed by atoms with Crippen LogP contribution >= 0.6 is 0 Å². The van der Waals surface area contributed by atoms with Crippen molar-refractivity contribution in [2.75, 3.05) is 6.54 Å². The molecule has 1 aromatic heterocycles. The first-order chi connectivity index (χ1) is 12.2. The van der Waals surface area contributed by atoms with Gasteiger partial charge in [-0.2, -0.15) is 0 Å². The second-order valence-electron chi connectivity index (χ2n) is 7.50. The lowest BCUT2D eigenvalue weighted by atomic mass is 9.66. The first-order valence-corrected chi connectivity index (χ1v) is 9.41. The van der Waals surface area contributed by atoms with Crippen LogP contribution in [0.25, 0.3) is 0 Å². The van der Waals surface area contributed by atoms with E-state index in [2.05, 4.69) is 17.0 Å². The van der Waals surface area contributed by atoms with Gasteiger partial charge in [-0.1, -0.05) is 43.2 Å². The quantitative estimate of drug-likeness (QED) is 0.895. The summed E-state index contributed by atoms with van der Waals surface area (Å²) in [7, 11) is 0. The van der Waals surface area contributed by atoms with Crippen molar-refractivity contribution in [1.29, 1.82) is 0 Å². The van der Waals surface area contributed by atoms with Crippen molar-refractivity contribution >= 4 is 0 Å². The zero-order valence-electron chi connectivity index (χ0n) is 14.6. The number of furan rings is 1. The molecule has 25 heavy (non-hydrogen) atoms. The Morgan fingerprint density at radius 1 is 1.04 bits per heavy atom. The van der Waals surface area contributed by atoms with E-state index < -0.39 is 5.60 Å². The smallest absolute Gasteiger partial charge is 0.129 e. The van der Waals surface area contributed by atoms with Crippen molar-refractivity contribution in [2.24, 2.45) is 5.92 Å². The third-order valence-corrected chi connectivity index (χ3v) is 6.10. The highest BCUT2D eigenvalue weighted by atomic mass is 16.4. The number of fused-ring (bicyclic) bond motifs is 1. The second-order valence-corrected chi connectivity index (χ2v) is 7.50. The lowest BCUT2D eigenvalue weighted by Crippen LogP contribution is -2.57. The summed E-state index contributed by atoms with van der Waals surface area (Å²) in [6.07, 6.45) is 5.38. The lowest BCUT2D eigenvalue weighted by Gasteiger charge is -2.52. The minimum atomic E-state index is -0.720.